The van der Waals surface area contributed by atoms with Crippen LogP contribution in [0.1, 0.15) is 0 Å². The normalized spacial score (nSPS) is 10.4. The lowest BCUT2D eigenvalue weighted by molar-refractivity contribution is -0.384. The molecule has 3 rings (SSSR count). The summed E-state index contributed by atoms with van der Waals surface area (Å²) in [7, 11) is 3.13. The third kappa shape index (κ3) is 3.05. The van der Waals surface area contributed by atoms with Crippen molar-refractivity contribution in [2.45, 2.75) is 0 Å². The summed E-state index contributed by atoms with van der Waals surface area (Å²) in [6, 6.07) is 13.0. The number of nitro groups is 1. The molecule has 0 bridgehead atoms. The van der Waals surface area contributed by atoms with Crippen molar-refractivity contribution < 1.29 is 19.1 Å². The number of fused-ring (bicyclic) bond motifs is 1. The van der Waals surface area contributed by atoms with Gasteiger partial charge in [0, 0.05) is 29.7 Å². The molecule has 0 unspecified atom stereocenters. The molecule has 24 heavy (non-hydrogen) atoms. The van der Waals surface area contributed by atoms with Gasteiger partial charge in [-0.2, -0.15) is 0 Å². The molecular weight excluding hydrogens is 312 g/mol. The highest BCUT2D eigenvalue weighted by atomic mass is 16.6. The van der Waals surface area contributed by atoms with E-state index in [1.54, 1.807) is 26.4 Å². The van der Waals surface area contributed by atoms with Crippen LogP contribution in [-0.2, 0) is 0 Å². The Balaban J connectivity index is 1.91. The van der Waals surface area contributed by atoms with Crippen LogP contribution in [0.25, 0.3) is 10.9 Å². The van der Waals surface area contributed by atoms with E-state index in [0.717, 1.165) is 5.39 Å². The lowest BCUT2D eigenvalue weighted by Gasteiger charge is -2.10. The number of hydrogen-bond donors (Lipinski definition) is 0. The van der Waals surface area contributed by atoms with Gasteiger partial charge in [-0.05, 0) is 24.3 Å². The van der Waals surface area contributed by atoms with Crippen molar-refractivity contribution in [1.29, 1.82) is 0 Å². The molecule has 7 heteroatoms. The predicted molar refractivity (Wildman–Crippen MR) is 88.0 cm³/mol. The second kappa shape index (κ2) is 6.41. The van der Waals surface area contributed by atoms with E-state index in [-0.39, 0.29) is 5.69 Å². The Morgan fingerprint density at radius 3 is 2.25 bits per heavy atom. The van der Waals surface area contributed by atoms with E-state index in [1.807, 2.05) is 12.1 Å². The fourth-order valence-electron chi connectivity index (χ4n) is 2.24. The maximum Gasteiger partial charge on any atom is 0.269 e. The molecule has 0 radical (unpaired) electrons. The van der Waals surface area contributed by atoms with Crippen LogP contribution < -0.4 is 14.2 Å². The highest BCUT2D eigenvalue weighted by Gasteiger charge is 2.09. The summed E-state index contributed by atoms with van der Waals surface area (Å²) in [4.78, 5) is 14.6. The first kappa shape index (κ1) is 15.5. The maximum atomic E-state index is 10.7. The molecule has 1 aromatic heterocycles. The number of non-ortho nitro benzene ring substituents is 1. The summed E-state index contributed by atoms with van der Waals surface area (Å²) < 4.78 is 16.2. The molecule has 3 aromatic rings. The summed E-state index contributed by atoms with van der Waals surface area (Å²) in [6.07, 6.45) is 0. The smallest absolute Gasteiger partial charge is 0.269 e. The fraction of sp³-hybridized carbons (Fsp3) is 0.118. The number of nitro benzene ring substituents is 1. The molecule has 0 aliphatic heterocycles. The van der Waals surface area contributed by atoms with E-state index < -0.39 is 4.92 Å². The van der Waals surface area contributed by atoms with Crippen molar-refractivity contribution in [1.82, 2.24) is 4.98 Å². The molecule has 0 spiro atoms. The van der Waals surface area contributed by atoms with Crippen LogP contribution in [0, 0.1) is 10.1 Å². The molecule has 0 N–H and O–H groups in total. The number of aromatic nitrogens is 1. The van der Waals surface area contributed by atoms with Gasteiger partial charge >= 0.3 is 0 Å². The van der Waals surface area contributed by atoms with Crippen LogP contribution in [-0.4, -0.2) is 24.1 Å². The average Bonchev–Trinajstić information content (AvgIpc) is 2.60. The third-order valence-corrected chi connectivity index (χ3v) is 3.44. The number of nitrogens with zero attached hydrogens (tertiary/aromatic N) is 2. The van der Waals surface area contributed by atoms with Crippen LogP contribution in [0.3, 0.4) is 0 Å². The number of ether oxygens (including phenoxy) is 3. The third-order valence-electron chi connectivity index (χ3n) is 3.44. The zero-order valence-corrected chi connectivity index (χ0v) is 13.1. The van der Waals surface area contributed by atoms with Gasteiger partial charge in [-0.3, -0.25) is 10.1 Å². The van der Waals surface area contributed by atoms with Crippen molar-refractivity contribution in [2.75, 3.05) is 14.2 Å². The van der Waals surface area contributed by atoms with E-state index in [4.69, 9.17) is 14.2 Å². The van der Waals surface area contributed by atoms with Crippen LogP contribution in [0.4, 0.5) is 5.69 Å². The standard InChI is InChI=1S/C17H14N2O5/c1-22-15-9-11-3-8-17(18-14(11)10-16(15)23-2)24-13-6-4-12(5-7-13)19(20)21/h3-10H,1-2H3. The first-order valence-electron chi connectivity index (χ1n) is 7.06. The minimum absolute atomic E-state index is 0.00523. The Bertz CT molecular complexity index is 893. The monoisotopic (exact) mass is 326 g/mol. The summed E-state index contributed by atoms with van der Waals surface area (Å²) in [5, 5.41) is 11.5. The lowest BCUT2D eigenvalue weighted by atomic mass is 10.2. The summed E-state index contributed by atoms with van der Waals surface area (Å²) >= 11 is 0. The SMILES string of the molecule is COc1cc2ccc(Oc3ccc([N+](=O)[O-])cc3)nc2cc1OC. The number of benzene rings is 2. The molecule has 0 aliphatic carbocycles. The summed E-state index contributed by atoms with van der Waals surface area (Å²) in [5.41, 5.74) is 0.692. The summed E-state index contributed by atoms with van der Waals surface area (Å²) in [5.74, 6) is 2.04. The Kier molecular flexibility index (Phi) is 4.15. The van der Waals surface area contributed by atoms with E-state index in [9.17, 15) is 10.1 Å². The quantitative estimate of drug-likeness (QED) is 0.521. The van der Waals surface area contributed by atoms with Gasteiger partial charge in [-0.15, -0.1) is 0 Å². The van der Waals surface area contributed by atoms with Crippen molar-refractivity contribution in [3.63, 3.8) is 0 Å². The van der Waals surface area contributed by atoms with E-state index in [1.165, 1.54) is 24.3 Å². The predicted octanol–water partition coefficient (Wildman–Crippen LogP) is 3.95. The topological polar surface area (TPSA) is 83.7 Å². The highest BCUT2D eigenvalue weighted by Crippen LogP contribution is 2.33. The first-order chi connectivity index (χ1) is 11.6. The lowest BCUT2D eigenvalue weighted by Crippen LogP contribution is -1.93. The molecule has 0 saturated carbocycles. The molecule has 1 heterocycles. The minimum atomic E-state index is -0.461. The van der Waals surface area contributed by atoms with Gasteiger partial charge in [-0.25, -0.2) is 4.98 Å². The zero-order chi connectivity index (χ0) is 17.1. The van der Waals surface area contributed by atoms with Crippen molar-refractivity contribution in [3.8, 4) is 23.1 Å². The second-order valence-corrected chi connectivity index (χ2v) is 4.90. The Hall–Kier alpha value is -3.35. The van der Waals surface area contributed by atoms with Gasteiger partial charge in [0.05, 0.1) is 24.7 Å². The largest absolute Gasteiger partial charge is 0.493 e. The van der Waals surface area contributed by atoms with Crippen LogP contribution in [0.2, 0.25) is 0 Å². The molecule has 0 atom stereocenters. The molecule has 2 aromatic carbocycles. The minimum Gasteiger partial charge on any atom is -0.493 e. The van der Waals surface area contributed by atoms with Gasteiger partial charge in [0.25, 0.3) is 5.69 Å². The molecule has 122 valence electrons. The van der Waals surface area contributed by atoms with Crippen molar-refractivity contribution in [2.24, 2.45) is 0 Å². The van der Waals surface area contributed by atoms with E-state index >= 15 is 0 Å². The zero-order valence-electron chi connectivity index (χ0n) is 13.1. The average molecular weight is 326 g/mol. The maximum absolute atomic E-state index is 10.7. The fourth-order valence-corrected chi connectivity index (χ4v) is 2.24. The Morgan fingerprint density at radius 2 is 1.62 bits per heavy atom. The molecule has 7 nitrogen and oxygen atoms in total. The van der Waals surface area contributed by atoms with Crippen LogP contribution in [0.5, 0.6) is 23.1 Å². The Labute approximate surface area is 137 Å². The van der Waals surface area contributed by atoms with Gasteiger partial charge in [0.15, 0.2) is 11.5 Å². The van der Waals surface area contributed by atoms with E-state index in [0.29, 0.717) is 28.6 Å². The number of pyridine rings is 1. The van der Waals surface area contributed by atoms with Gasteiger partial charge < -0.3 is 14.2 Å². The summed E-state index contributed by atoms with van der Waals surface area (Å²) in [6.45, 7) is 0. The number of hydrogen-bond acceptors (Lipinski definition) is 6. The van der Waals surface area contributed by atoms with Gasteiger partial charge in [0.1, 0.15) is 5.75 Å². The molecular formula is C17H14N2O5. The van der Waals surface area contributed by atoms with Crippen LogP contribution in [0.15, 0.2) is 48.5 Å². The molecule has 0 fully saturated rings. The number of methoxy groups -OCH3 is 2. The van der Waals surface area contributed by atoms with Gasteiger partial charge in [-0.1, -0.05) is 0 Å². The molecule has 0 amide bonds. The van der Waals surface area contributed by atoms with E-state index in [2.05, 4.69) is 4.98 Å². The van der Waals surface area contributed by atoms with Crippen molar-refractivity contribution in [3.05, 3.63) is 58.6 Å². The number of rotatable bonds is 5. The highest BCUT2D eigenvalue weighted by molar-refractivity contribution is 5.83. The first-order valence-corrected chi connectivity index (χ1v) is 7.06. The van der Waals surface area contributed by atoms with Gasteiger partial charge in [0.2, 0.25) is 5.88 Å². The Morgan fingerprint density at radius 1 is 0.958 bits per heavy atom. The van der Waals surface area contributed by atoms with Crippen LogP contribution >= 0.6 is 0 Å². The molecule has 0 saturated heterocycles. The molecule has 0 aliphatic rings. The van der Waals surface area contributed by atoms with Crippen molar-refractivity contribution >= 4 is 16.6 Å². The second-order valence-electron chi connectivity index (χ2n) is 4.90.